The molecular weight excluding hydrogens is 324 g/mol. The van der Waals surface area contributed by atoms with Gasteiger partial charge >= 0.3 is 0 Å². The van der Waals surface area contributed by atoms with Crippen LogP contribution in [-0.2, 0) is 4.79 Å². The highest BCUT2D eigenvalue weighted by Gasteiger charge is 2.29. The van der Waals surface area contributed by atoms with Crippen molar-refractivity contribution in [3.63, 3.8) is 0 Å². The largest absolute Gasteiger partial charge is 0.494 e. The van der Waals surface area contributed by atoms with Crippen molar-refractivity contribution in [2.45, 2.75) is 32.7 Å². The van der Waals surface area contributed by atoms with Crippen LogP contribution in [0.2, 0.25) is 0 Å². The second kappa shape index (κ2) is 8.86. The molecule has 1 fully saturated rings. The maximum absolute atomic E-state index is 12.9. The average molecular weight is 352 g/mol. The van der Waals surface area contributed by atoms with Crippen molar-refractivity contribution in [3.8, 4) is 5.75 Å². The molecule has 138 valence electrons. The second-order valence-electron chi connectivity index (χ2n) is 6.60. The number of likely N-dealkylation sites (tertiary alicyclic amines) is 1. The van der Waals surface area contributed by atoms with E-state index in [4.69, 9.17) is 4.74 Å². The molecule has 3 rings (SSSR count). The van der Waals surface area contributed by atoms with E-state index in [9.17, 15) is 4.79 Å². The van der Waals surface area contributed by atoms with Gasteiger partial charge in [0.2, 0.25) is 5.91 Å². The summed E-state index contributed by atoms with van der Waals surface area (Å²) in [7, 11) is 0. The van der Waals surface area contributed by atoms with Gasteiger partial charge in [0, 0.05) is 18.3 Å². The van der Waals surface area contributed by atoms with Crippen molar-refractivity contribution in [1.82, 2.24) is 4.90 Å². The first-order valence-corrected chi connectivity index (χ1v) is 9.55. The lowest BCUT2D eigenvalue weighted by Gasteiger charge is -2.28. The van der Waals surface area contributed by atoms with Crippen molar-refractivity contribution >= 4 is 11.6 Å². The summed E-state index contributed by atoms with van der Waals surface area (Å²) in [5, 5.41) is 0. The number of benzene rings is 2. The lowest BCUT2D eigenvalue weighted by atomic mass is 10.0. The number of carbonyl (C=O) groups is 1. The van der Waals surface area contributed by atoms with Crippen molar-refractivity contribution < 1.29 is 9.53 Å². The number of hydrogen-bond donors (Lipinski definition) is 0. The molecule has 1 aliphatic rings. The fraction of sp³-hybridized carbons (Fsp3) is 0.409. The van der Waals surface area contributed by atoms with Crippen LogP contribution >= 0.6 is 0 Å². The Morgan fingerprint density at radius 2 is 1.85 bits per heavy atom. The van der Waals surface area contributed by atoms with Gasteiger partial charge in [0.05, 0.1) is 13.2 Å². The Morgan fingerprint density at radius 3 is 2.50 bits per heavy atom. The summed E-state index contributed by atoms with van der Waals surface area (Å²) < 4.78 is 5.54. The highest BCUT2D eigenvalue weighted by atomic mass is 16.5. The standard InChI is InChI=1S/C22H28N2O2/c1-3-24(19-9-6-5-7-10-19)22(25)17-23-16-8-11-21(23)18-12-14-20(15-13-18)26-4-2/h5-7,9-10,12-15,21H,3-4,8,11,16-17H2,1-2H3. The molecule has 0 spiro atoms. The van der Waals surface area contributed by atoms with Crippen LogP contribution in [0.15, 0.2) is 54.6 Å². The zero-order valence-electron chi connectivity index (χ0n) is 15.7. The first kappa shape index (κ1) is 18.5. The van der Waals surface area contributed by atoms with Gasteiger partial charge in [-0.05, 0) is 63.1 Å². The van der Waals surface area contributed by atoms with Gasteiger partial charge < -0.3 is 9.64 Å². The number of hydrogen-bond acceptors (Lipinski definition) is 3. The maximum Gasteiger partial charge on any atom is 0.241 e. The summed E-state index contributed by atoms with van der Waals surface area (Å²) in [5.74, 6) is 1.06. The molecule has 1 unspecified atom stereocenters. The summed E-state index contributed by atoms with van der Waals surface area (Å²) in [4.78, 5) is 17.1. The number of rotatable bonds is 7. The molecular formula is C22H28N2O2. The summed E-state index contributed by atoms with van der Waals surface area (Å²) in [6, 6.07) is 18.5. The maximum atomic E-state index is 12.9. The number of nitrogens with zero attached hydrogens (tertiary/aromatic N) is 2. The Morgan fingerprint density at radius 1 is 1.12 bits per heavy atom. The first-order chi connectivity index (χ1) is 12.7. The SMILES string of the molecule is CCOc1ccc(C2CCCN2CC(=O)N(CC)c2ccccc2)cc1. The van der Waals surface area contributed by atoms with E-state index in [1.807, 2.05) is 61.2 Å². The van der Waals surface area contributed by atoms with Crippen molar-refractivity contribution in [2.24, 2.45) is 0 Å². The lowest BCUT2D eigenvalue weighted by molar-refractivity contribution is -0.119. The molecule has 1 atom stereocenters. The van der Waals surface area contributed by atoms with Crippen LogP contribution in [0.4, 0.5) is 5.69 Å². The Balaban J connectivity index is 1.69. The van der Waals surface area contributed by atoms with Gasteiger partial charge in [0.15, 0.2) is 0 Å². The van der Waals surface area contributed by atoms with Crippen LogP contribution in [0.25, 0.3) is 0 Å². The molecule has 1 aliphatic heterocycles. The minimum Gasteiger partial charge on any atom is -0.494 e. The van der Waals surface area contributed by atoms with Gasteiger partial charge in [0.1, 0.15) is 5.75 Å². The predicted octanol–water partition coefficient (Wildman–Crippen LogP) is 4.28. The van der Waals surface area contributed by atoms with Crippen molar-refractivity contribution in [2.75, 3.05) is 31.1 Å². The van der Waals surface area contributed by atoms with Crippen LogP contribution < -0.4 is 9.64 Å². The molecule has 0 radical (unpaired) electrons. The van der Waals surface area contributed by atoms with E-state index < -0.39 is 0 Å². The molecule has 0 aromatic heterocycles. The van der Waals surface area contributed by atoms with Crippen LogP contribution in [0.3, 0.4) is 0 Å². The van der Waals surface area contributed by atoms with Crippen molar-refractivity contribution in [1.29, 1.82) is 0 Å². The van der Waals surface area contributed by atoms with Gasteiger partial charge in [-0.25, -0.2) is 0 Å². The fourth-order valence-corrected chi connectivity index (χ4v) is 3.72. The van der Waals surface area contributed by atoms with Gasteiger partial charge in [0.25, 0.3) is 0 Å². The van der Waals surface area contributed by atoms with E-state index in [0.717, 1.165) is 30.8 Å². The number of para-hydroxylation sites is 1. The average Bonchev–Trinajstić information content (AvgIpc) is 3.12. The minimum atomic E-state index is 0.163. The normalized spacial score (nSPS) is 17.2. The molecule has 26 heavy (non-hydrogen) atoms. The van der Waals surface area contributed by atoms with Crippen LogP contribution in [0.5, 0.6) is 5.75 Å². The third-order valence-corrected chi connectivity index (χ3v) is 4.96. The van der Waals surface area contributed by atoms with E-state index in [0.29, 0.717) is 25.7 Å². The number of likely N-dealkylation sites (N-methyl/N-ethyl adjacent to an activating group) is 1. The van der Waals surface area contributed by atoms with Crippen molar-refractivity contribution in [3.05, 3.63) is 60.2 Å². The number of ether oxygens (including phenoxy) is 1. The van der Waals surface area contributed by atoms with E-state index in [1.54, 1.807) is 0 Å². The third-order valence-electron chi connectivity index (χ3n) is 4.96. The molecule has 1 amide bonds. The van der Waals surface area contributed by atoms with Crippen LogP contribution in [-0.4, -0.2) is 37.0 Å². The molecule has 0 bridgehead atoms. The first-order valence-electron chi connectivity index (χ1n) is 9.55. The number of amides is 1. The summed E-state index contributed by atoms with van der Waals surface area (Å²) in [5.41, 5.74) is 2.23. The summed E-state index contributed by atoms with van der Waals surface area (Å²) >= 11 is 0. The monoisotopic (exact) mass is 352 g/mol. The Kier molecular flexibility index (Phi) is 6.29. The Labute approximate surface area is 156 Å². The fourth-order valence-electron chi connectivity index (χ4n) is 3.72. The van der Waals surface area contributed by atoms with Gasteiger partial charge in [-0.15, -0.1) is 0 Å². The minimum absolute atomic E-state index is 0.163. The topological polar surface area (TPSA) is 32.8 Å². The molecule has 4 heteroatoms. The highest BCUT2D eigenvalue weighted by molar-refractivity contribution is 5.94. The van der Waals surface area contributed by atoms with Gasteiger partial charge in [-0.3, -0.25) is 9.69 Å². The Hall–Kier alpha value is -2.33. The van der Waals surface area contributed by atoms with E-state index in [1.165, 1.54) is 5.56 Å². The molecule has 1 saturated heterocycles. The zero-order valence-corrected chi connectivity index (χ0v) is 15.7. The molecule has 0 saturated carbocycles. The molecule has 2 aromatic rings. The quantitative estimate of drug-likeness (QED) is 0.746. The predicted molar refractivity (Wildman–Crippen MR) is 106 cm³/mol. The van der Waals surface area contributed by atoms with E-state index in [2.05, 4.69) is 17.0 Å². The number of anilines is 1. The van der Waals surface area contributed by atoms with Gasteiger partial charge in [-0.2, -0.15) is 0 Å². The van der Waals surface area contributed by atoms with E-state index >= 15 is 0 Å². The van der Waals surface area contributed by atoms with Crippen LogP contribution in [0, 0.1) is 0 Å². The van der Waals surface area contributed by atoms with E-state index in [-0.39, 0.29) is 5.91 Å². The molecule has 0 aliphatic carbocycles. The summed E-state index contributed by atoms with van der Waals surface area (Å²) in [6.45, 7) is 6.81. The molecule has 1 heterocycles. The lowest BCUT2D eigenvalue weighted by Crippen LogP contribution is -2.40. The zero-order chi connectivity index (χ0) is 18.4. The Bertz CT molecular complexity index is 700. The number of carbonyl (C=O) groups excluding carboxylic acids is 1. The molecule has 0 N–H and O–H groups in total. The smallest absolute Gasteiger partial charge is 0.241 e. The van der Waals surface area contributed by atoms with Gasteiger partial charge in [-0.1, -0.05) is 30.3 Å². The highest BCUT2D eigenvalue weighted by Crippen LogP contribution is 2.32. The molecule has 4 nitrogen and oxygen atoms in total. The summed E-state index contributed by atoms with van der Waals surface area (Å²) in [6.07, 6.45) is 2.22. The second-order valence-corrected chi connectivity index (χ2v) is 6.60. The van der Waals surface area contributed by atoms with Crippen LogP contribution in [0.1, 0.15) is 38.3 Å². The third kappa shape index (κ3) is 4.25. The molecule has 2 aromatic carbocycles.